The lowest BCUT2D eigenvalue weighted by atomic mass is 10.1. The average molecular weight is 378 g/mol. The van der Waals surface area contributed by atoms with E-state index in [1.807, 2.05) is 31.6 Å². The van der Waals surface area contributed by atoms with E-state index in [-0.39, 0.29) is 5.56 Å². The summed E-state index contributed by atoms with van der Waals surface area (Å²) in [6, 6.07) is 3.80. The second-order valence-electron chi connectivity index (χ2n) is 7.23. The predicted molar refractivity (Wildman–Crippen MR) is 104 cm³/mol. The number of H-pyrrole nitrogens is 1. The second-order valence-corrected chi connectivity index (χ2v) is 7.23. The first kappa shape index (κ1) is 17.0. The largest absolute Gasteiger partial charge is 0.469 e. The molecular weight excluding hydrogens is 356 g/mol. The third-order valence-corrected chi connectivity index (χ3v) is 5.52. The molecule has 0 amide bonds. The summed E-state index contributed by atoms with van der Waals surface area (Å²) >= 11 is 0. The Morgan fingerprint density at radius 3 is 3.04 bits per heavy atom. The number of imidazole rings is 1. The van der Waals surface area contributed by atoms with Crippen molar-refractivity contribution < 1.29 is 4.42 Å². The van der Waals surface area contributed by atoms with Gasteiger partial charge in [0.2, 0.25) is 0 Å². The van der Waals surface area contributed by atoms with Gasteiger partial charge in [-0.2, -0.15) is 0 Å². The van der Waals surface area contributed by atoms with Gasteiger partial charge in [-0.15, -0.1) is 0 Å². The smallest absolute Gasteiger partial charge is 0.276 e. The topological polar surface area (TPSA) is 84.4 Å². The minimum absolute atomic E-state index is 0.00866. The zero-order valence-electron chi connectivity index (χ0n) is 16.0. The van der Waals surface area contributed by atoms with E-state index in [4.69, 9.17) is 9.40 Å². The van der Waals surface area contributed by atoms with Crippen LogP contribution in [-0.4, -0.2) is 35.6 Å². The molecule has 4 aromatic heterocycles. The van der Waals surface area contributed by atoms with Crippen molar-refractivity contribution in [3.05, 3.63) is 64.0 Å². The molecule has 1 N–H and O–H groups in total. The molecule has 8 heteroatoms. The Bertz CT molecular complexity index is 1210. The monoisotopic (exact) mass is 378 g/mol. The van der Waals surface area contributed by atoms with E-state index < -0.39 is 0 Å². The van der Waals surface area contributed by atoms with Gasteiger partial charge in [-0.1, -0.05) is 0 Å². The molecule has 5 rings (SSSR count). The maximum Gasteiger partial charge on any atom is 0.276 e. The van der Waals surface area contributed by atoms with Gasteiger partial charge in [0.15, 0.2) is 5.65 Å². The Balaban J connectivity index is 1.49. The van der Waals surface area contributed by atoms with Gasteiger partial charge >= 0.3 is 0 Å². The summed E-state index contributed by atoms with van der Waals surface area (Å²) < 4.78 is 9.08. The van der Waals surface area contributed by atoms with Crippen LogP contribution < -0.4 is 5.56 Å². The highest BCUT2D eigenvalue weighted by molar-refractivity contribution is 5.65. The molecule has 144 valence electrons. The lowest BCUT2D eigenvalue weighted by molar-refractivity contribution is 0.234. The van der Waals surface area contributed by atoms with Gasteiger partial charge in [0.1, 0.15) is 5.76 Å². The predicted octanol–water partition coefficient (Wildman–Crippen LogP) is 2.37. The molecule has 28 heavy (non-hydrogen) atoms. The van der Waals surface area contributed by atoms with Gasteiger partial charge in [0.25, 0.3) is 5.56 Å². The van der Waals surface area contributed by atoms with E-state index in [1.165, 1.54) is 5.69 Å². The Kier molecular flexibility index (Phi) is 3.94. The fraction of sp³-hybridized carbons (Fsp3) is 0.350. The highest BCUT2D eigenvalue weighted by atomic mass is 16.3. The lowest BCUT2D eigenvalue weighted by Crippen LogP contribution is -2.36. The molecule has 5 heterocycles. The van der Waals surface area contributed by atoms with E-state index in [1.54, 1.807) is 10.8 Å². The van der Waals surface area contributed by atoms with Crippen LogP contribution in [0.3, 0.4) is 0 Å². The van der Waals surface area contributed by atoms with Gasteiger partial charge in [-0.3, -0.25) is 14.8 Å². The van der Waals surface area contributed by atoms with E-state index in [9.17, 15) is 4.79 Å². The zero-order valence-corrected chi connectivity index (χ0v) is 16.0. The normalized spacial score (nSPS) is 14.6. The number of nitrogens with zero attached hydrogens (tertiary/aromatic N) is 5. The number of hydrogen-bond donors (Lipinski definition) is 1. The third kappa shape index (κ3) is 2.68. The first-order valence-corrected chi connectivity index (χ1v) is 9.53. The van der Waals surface area contributed by atoms with Crippen LogP contribution in [0, 0.1) is 6.92 Å². The average Bonchev–Trinajstić information content (AvgIpc) is 3.41. The Labute approximate surface area is 161 Å². The fourth-order valence-electron chi connectivity index (χ4n) is 3.98. The van der Waals surface area contributed by atoms with Gasteiger partial charge < -0.3 is 8.98 Å². The Morgan fingerprint density at radius 2 is 2.25 bits per heavy atom. The highest BCUT2D eigenvalue weighted by Crippen LogP contribution is 2.24. The van der Waals surface area contributed by atoms with E-state index >= 15 is 0 Å². The SMILES string of the molecule is CCn1cncc1CN1CCc2c(nc3cc(-c4ccoc4C)[nH]n3c2=O)C1. The van der Waals surface area contributed by atoms with Crippen molar-refractivity contribution in [2.75, 3.05) is 6.54 Å². The number of nitrogens with one attached hydrogen (secondary N) is 1. The molecule has 0 radical (unpaired) electrons. The molecule has 1 aliphatic heterocycles. The van der Waals surface area contributed by atoms with Crippen molar-refractivity contribution in [1.82, 2.24) is 29.0 Å². The van der Waals surface area contributed by atoms with Crippen LogP contribution in [0.15, 0.2) is 40.1 Å². The van der Waals surface area contributed by atoms with Crippen LogP contribution in [0.2, 0.25) is 0 Å². The summed E-state index contributed by atoms with van der Waals surface area (Å²) in [5, 5.41) is 3.18. The number of furan rings is 1. The molecule has 0 aliphatic carbocycles. The number of fused-ring (bicyclic) bond motifs is 2. The third-order valence-electron chi connectivity index (χ3n) is 5.52. The van der Waals surface area contributed by atoms with Crippen LogP contribution in [0.5, 0.6) is 0 Å². The van der Waals surface area contributed by atoms with Crippen LogP contribution >= 0.6 is 0 Å². The summed E-state index contributed by atoms with van der Waals surface area (Å²) in [6.45, 7) is 7.23. The first-order chi connectivity index (χ1) is 13.6. The number of rotatable bonds is 4. The highest BCUT2D eigenvalue weighted by Gasteiger charge is 2.23. The molecule has 0 spiro atoms. The molecule has 8 nitrogen and oxygen atoms in total. The lowest BCUT2D eigenvalue weighted by Gasteiger charge is -2.27. The van der Waals surface area contributed by atoms with E-state index in [0.29, 0.717) is 18.6 Å². The number of aromatic nitrogens is 5. The van der Waals surface area contributed by atoms with Gasteiger partial charge in [0, 0.05) is 49.6 Å². The van der Waals surface area contributed by atoms with Crippen molar-refractivity contribution in [2.24, 2.45) is 0 Å². The van der Waals surface area contributed by atoms with Gasteiger partial charge in [0.05, 0.1) is 29.7 Å². The van der Waals surface area contributed by atoms with Crippen molar-refractivity contribution in [3.63, 3.8) is 0 Å². The molecule has 0 unspecified atom stereocenters. The molecule has 0 aromatic carbocycles. The zero-order chi connectivity index (χ0) is 19.3. The summed E-state index contributed by atoms with van der Waals surface area (Å²) in [7, 11) is 0. The number of aromatic amines is 1. The second kappa shape index (κ2) is 6.49. The van der Waals surface area contributed by atoms with E-state index in [2.05, 4.69) is 26.5 Å². The maximum atomic E-state index is 13.0. The molecular formula is C20H22N6O2. The van der Waals surface area contributed by atoms with Crippen LogP contribution in [-0.2, 0) is 26.1 Å². The first-order valence-electron chi connectivity index (χ1n) is 9.53. The molecule has 0 saturated carbocycles. The fourth-order valence-corrected chi connectivity index (χ4v) is 3.98. The summed E-state index contributed by atoms with van der Waals surface area (Å²) in [5.74, 6) is 0.808. The summed E-state index contributed by atoms with van der Waals surface area (Å²) in [4.78, 5) is 24.4. The van der Waals surface area contributed by atoms with Crippen LogP contribution in [0.4, 0.5) is 0 Å². The summed E-state index contributed by atoms with van der Waals surface area (Å²) in [6.07, 6.45) is 6.12. The van der Waals surface area contributed by atoms with Crippen molar-refractivity contribution >= 4 is 5.65 Å². The quantitative estimate of drug-likeness (QED) is 0.589. The summed E-state index contributed by atoms with van der Waals surface area (Å²) in [5.41, 5.74) is 5.26. The Hall–Kier alpha value is -3.13. The van der Waals surface area contributed by atoms with Crippen molar-refractivity contribution in [1.29, 1.82) is 0 Å². The van der Waals surface area contributed by atoms with Gasteiger partial charge in [-0.25, -0.2) is 14.5 Å². The van der Waals surface area contributed by atoms with Crippen LogP contribution in [0.1, 0.15) is 29.6 Å². The van der Waals surface area contributed by atoms with Crippen molar-refractivity contribution in [2.45, 2.75) is 39.9 Å². The minimum Gasteiger partial charge on any atom is -0.469 e. The molecule has 0 bridgehead atoms. The molecule has 0 saturated heterocycles. The minimum atomic E-state index is -0.00866. The standard InChI is InChI=1S/C20H22N6O2/c1-3-25-12-21-9-14(25)10-24-6-4-16-18(11-24)22-19-8-17(23-26(19)20(16)27)15-5-7-28-13(15)2/h5,7-9,12,23H,3-4,6,10-11H2,1-2H3. The van der Waals surface area contributed by atoms with Crippen molar-refractivity contribution in [3.8, 4) is 11.3 Å². The van der Waals surface area contributed by atoms with Crippen LogP contribution in [0.25, 0.3) is 16.9 Å². The molecule has 1 aliphatic rings. The molecule has 0 fully saturated rings. The van der Waals surface area contributed by atoms with E-state index in [0.717, 1.165) is 47.9 Å². The molecule has 0 atom stereocenters. The number of hydrogen-bond acceptors (Lipinski definition) is 5. The maximum absolute atomic E-state index is 13.0. The van der Waals surface area contributed by atoms with Gasteiger partial charge in [-0.05, 0) is 26.3 Å². The molecule has 4 aromatic rings. The Morgan fingerprint density at radius 1 is 1.36 bits per heavy atom. The number of aryl methyl sites for hydroxylation is 2.